The molecule has 0 unspecified atom stereocenters. The molecule has 0 bridgehead atoms. The molecule has 2 aromatic heterocycles. The predicted octanol–water partition coefficient (Wildman–Crippen LogP) is 1.32. The number of methoxy groups -OCH3 is 1. The van der Waals surface area contributed by atoms with Gasteiger partial charge < -0.3 is 9.94 Å². The molecule has 72 valence electrons. The summed E-state index contributed by atoms with van der Waals surface area (Å²) in [6.45, 7) is 0. The zero-order valence-corrected chi connectivity index (χ0v) is 8.21. The Bertz CT molecular complexity index is 492. The second kappa shape index (κ2) is 3.26. The Morgan fingerprint density at radius 2 is 2.43 bits per heavy atom. The van der Waals surface area contributed by atoms with Crippen molar-refractivity contribution >= 4 is 27.5 Å². The van der Waals surface area contributed by atoms with Crippen LogP contribution in [0, 0.1) is 5.21 Å². The van der Waals surface area contributed by atoms with Crippen LogP contribution in [-0.4, -0.2) is 13.1 Å². The second-order valence-corrected chi connectivity index (χ2v) is 3.73. The summed E-state index contributed by atoms with van der Waals surface area (Å²) in [6, 6.07) is 5.08. The van der Waals surface area contributed by atoms with Crippen LogP contribution >= 0.6 is 11.3 Å². The number of nitrogens with zero attached hydrogens (tertiary/aromatic N) is 1. The van der Waals surface area contributed by atoms with E-state index >= 15 is 0 Å². The monoisotopic (exact) mass is 209 g/mol. The average molecular weight is 209 g/mol. The van der Waals surface area contributed by atoms with Gasteiger partial charge >= 0.3 is 5.97 Å². The van der Waals surface area contributed by atoms with Gasteiger partial charge in [-0.05, 0) is 12.1 Å². The molecule has 0 fully saturated rings. The summed E-state index contributed by atoms with van der Waals surface area (Å²) in [4.78, 5) is 12.1. The van der Waals surface area contributed by atoms with Crippen molar-refractivity contribution < 1.29 is 14.3 Å². The lowest BCUT2D eigenvalue weighted by atomic mass is 10.3. The van der Waals surface area contributed by atoms with Crippen molar-refractivity contribution in [2.24, 2.45) is 0 Å². The van der Waals surface area contributed by atoms with E-state index in [-0.39, 0.29) is 0 Å². The summed E-state index contributed by atoms with van der Waals surface area (Å²) >= 11 is 1.13. The zero-order valence-electron chi connectivity index (χ0n) is 7.39. The van der Waals surface area contributed by atoms with E-state index in [0.29, 0.717) is 9.71 Å². The summed E-state index contributed by atoms with van der Waals surface area (Å²) in [7, 11) is 1.32. The Balaban J connectivity index is 2.62. The Morgan fingerprint density at radius 1 is 1.64 bits per heavy atom. The van der Waals surface area contributed by atoms with Gasteiger partial charge in [0.2, 0.25) is 0 Å². The summed E-state index contributed by atoms with van der Waals surface area (Å²) in [5, 5.41) is 12.0. The highest BCUT2D eigenvalue weighted by Gasteiger charge is 2.14. The fraction of sp³-hybridized carbons (Fsp3) is 0.111. The Morgan fingerprint density at radius 3 is 3.07 bits per heavy atom. The number of pyridine rings is 1. The van der Waals surface area contributed by atoms with E-state index in [9.17, 15) is 10.0 Å². The smallest absolute Gasteiger partial charge is 0.348 e. The van der Waals surface area contributed by atoms with Crippen LogP contribution in [0.2, 0.25) is 0 Å². The molecular formula is C9H7NO3S. The van der Waals surface area contributed by atoms with Crippen molar-refractivity contribution in [2.75, 3.05) is 7.11 Å². The van der Waals surface area contributed by atoms with E-state index in [2.05, 4.69) is 4.74 Å². The van der Waals surface area contributed by atoms with Crippen molar-refractivity contribution in [1.29, 1.82) is 0 Å². The van der Waals surface area contributed by atoms with Crippen molar-refractivity contribution in [3.8, 4) is 0 Å². The molecule has 0 aromatic carbocycles. The van der Waals surface area contributed by atoms with E-state index < -0.39 is 5.97 Å². The minimum Gasteiger partial charge on any atom is -0.618 e. The first-order valence-corrected chi connectivity index (χ1v) is 4.74. The summed E-state index contributed by atoms with van der Waals surface area (Å²) in [6.07, 6.45) is 1.40. The first-order chi connectivity index (χ1) is 6.72. The highest BCUT2D eigenvalue weighted by molar-refractivity contribution is 7.19. The minimum absolute atomic E-state index is 0.411. The predicted molar refractivity (Wildman–Crippen MR) is 52.1 cm³/mol. The largest absolute Gasteiger partial charge is 0.618 e. The fourth-order valence-electron chi connectivity index (χ4n) is 1.18. The van der Waals surface area contributed by atoms with Crippen LogP contribution in [0.4, 0.5) is 0 Å². The van der Waals surface area contributed by atoms with Crippen LogP contribution in [0.1, 0.15) is 9.67 Å². The molecule has 0 atom stereocenters. The fourth-order valence-corrected chi connectivity index (χ4v) is 2.14. The SMILES string of the molecule is COC(=O)c1cc2ccc[n+]([O-])c2s1. The minimum atomic E-state index is -0.411. The van der Waals surface area contributed by atoms with E-state index in [1.54, 1.807) is 18.2 Å². The van der Waals surface area contributed by atoms with E-state index in [0.717, 1.165) is 21.5 Å². The van der Waals surface area contributed by atoms with Gasteiger partial charge in [0.1, 0.15) is 4.88 Å². The molecule has 2 heterocycles. The number of carbonyl (C=O) groups excluding carboxylic acids is 1. The molecule has 0 N–H and O–H groups in total. The van der Waals surface area contributed by atoms with Gasteiger partial charge in [-0.1, -0.05) is 11.3 Å². The molecule has 2 aromatic rings. The van der Waals surface area contributed by atoms with E-state index in [4.69, 9.17) is 0 Å². The van der Waals surface area contributed by atoms with Crippen molar-refractivity contribution in [1.82, 2.24) is 0 Å². The first-order valence-electron chi connectivity index (χ1n) is 3.92. The quantitative estimate of drug-likeness (QED) is 0.404. The topological polar surface area (TPSA) is 53.2 Å². The van der Waals surface area contributed by atoms with Gasteiger partial charge in [-0.3, -0.25) is 0 Å². The first kappa shape index (κ1) is 8.96. The summed E-state index contributed by atoms with van der Waals surface area (Å²) in [5.41, 5.74) is 0. The van der Waals surface area contributed by atoms with Crippen molar-refractivity contribution in [3.05, 3.63) is 34.5 Å². The third-order valence-corrected chi connectivity index (χ3v) is 2.94. The maximum atomic E-state index is 11.3. The van der Waals surface area contributed by atoms with Gasteiger partial charge in [0.25, 0.3) is 4.83 Å². The molecule has 0 amide bonds. The van der Waals surface area contributed by atoms with Gasteiger partial charge in [0.15, 0.2) is 6.20 Å². The number of fused-ring (bicyclic) bond motifs is 1. The highest BCUT2D eigenvalue weighted by atomic mass is 32.1. The molecule has 0 radical (unpaired) electrons. The number of thiophene rings is 1. The Hall–Kier alpha value is -1.62. The van der Waals surface area contributed by atoms with Gasteiger partial charge in [0.05, 0.1) is 12.5 Å². The average Bonchev–Trinajstić information content (AvgIpc) is 2.62. The third kappa shape index (κ3) is 1.31. The van der Waals surface area contributed by atoms with Crippen LogP contribution in [-0.2, 0) is 4.74 Å². The van der Waals surface area contributed by atoms with Crippen LogP contribution in [0.15, 0.2) is 24.4 Å². The number of ether oxygens (including phenoxy) is 1. The third-order valence-electron chi connectivity index (χ3n) is 1.82. The van der Waals surface area contributed by atoms with Crippen LogP contribution in [0.5, 0.6) is 0 Å². The van der Waals surface area contributed by atoms with Crippen molar-refractivity contribution in [2.45, 2.75) is 0 Å². The molecule has 0 aliphatic carbocycles. The Labute approximate surface area is 83.9 Å². The number of rotatable bonds is 1. The number of carbonyl (C=O) groups is 1. The zero-order chi connectivity index (χ0) is 10.1. The van der Waals surface area contributed by atoms with Crippen LogP contribution < -0.4 is 4.73 Å². The maximum absolute atomic E-state index is 11.3. The van der Waals surface area contributed by atoms with Crippen LogP contribution in [0.3, 0.4) is 0 Å². The normalized spacial score (nSPS) is 10.4. The lowest BCUT2D eigenvalue weighted by Crippen LogP contribution is -2.24. The van der Waals surface area contributed by atoms with Gasteiger partial charge in [0, 0.05) is 6.07 Å². The van der Waals surface area contributed by atoms with Gasteiger partial charge in [-0.25, -0.2) is 4.79 Å². The highest BCUT2D eigenvalue weighted by Crippen LogP contribution is 2.22. The lowest BCUT2D eigenvalue weighted by Gasteiger charge is -1.93. The molecular weight excluding hydrogens is 202 g/mol. The van der Waals surface area contributed by atoms with Gasteiger partial charge in [-0.2, -0.15) is 4.73 Å². The molecule has 2 rings (SSSR count). The molecule has 0 saturated heterocycles. The molecule has 4 nitrogen and oxygen atoms in total. The molecule has 0 saturated carbocycles. The molecule has 5 heteroatoms. The summed E-state index contributed by atoms with van der Waals surface area (Å²) < 4.78 is 5.31. The Kier molecular flexibility index (Phi) is 2.09. The van der Waals surface area contributed by atoms with Crippen LogP contribution in [0.25, 0.3) is 10.2 Å². The molecule has 0 spiro atoms. The number of aromatic nitrogens is 1. The van der Waals surface area contributed by atoms with E-state index in [1.165, 1.54) is 13.3 Å². The summed E-state index contributed by atoms with van der Waals surface area (Å²) in [5.74, 6) is -0.411. The van der Waals surface area contributed by atoms with E-state index in [1.807, 2.05) is 0 Å². The molecule has 0 aliphatic heterocycles. The number of hydrogen-bond donors (Lipinski definition) is 0. The maximum Gasteiger partial charge on any atom is 0.348 e. The lowest BCUT2D eigenvalue weighted by molar-refractivity contribution is -0.574. The standard InChI is InChI=1S/C9H7NO3S/c1-13-9(11)7-5-6-3-2-4-10(12)8(6)14-7/h2-5H,1H3. The second-order valence-electron chi connectivity index (χ2n) is 2.70. The molecule has 14 heavy (non-hydrogen) atoms. The van der Waals surface area contributed by atoms with Gasteiger partial charge in [-0.15, -0.1) is 0 Å². The molecule has 0 aliphatic rings. The number of hydrogen-bond acceptors (Lipinski definition) is 4. The van der Waals surface area contributed by atoms with Crippen molar-refractivity contribution in [3.63, 3.8) is 0 Å². The number of esters is 1.